The van der Waals surface area contributed by atoms with Crippen LogP contribution in [0.25, 0.3) is 0 Å². The largest absolute Gasteiger partial charge is 0.387 e. The SMILES string of the molecule is O[C@]1(CNCc2cccc(CN3CCOCC3)c2)CCN(c2ccccn2)C1. The van der Waals surface area contributed by atoms with Crippen molar-refractivity contribution < 1.29 is 9.84 Å². The van der Waals surface area contributed by atoms with Crippen LogP contribution in [0.2, 0.25) is 0 Å². The third-order valence-electron chi connectivity index (χ3n) is 5.59. The molecule has 150 valence electrons. The lowest BCUT2D eigenvalue weighted by molar-refractivity contribution is 0.0342. The molecule has 0 unspecified atom stereocenters. The Labute approximate surface area is 167 Å². The number of rotatable bonds is 7. The van der Waals surface area contributed by atoms with E-state index in [1.165, 1.54) is 11.1 Å². The molecule has 6 nitrogen and oxygen atoms in total. The first kappa shape index (κ1) is 19.3. The molecule has 2 fully saturated rings. The minimum absolute atomic E-state index is 0.587. The van der Waals surface area contributed by atoms with Crippen LogP contribution in [-0.4, -0.2) is 66.5 Å². The van der Waals surface area contributed by atoms with E-state index in [-0.39, 0.29) is 0 Å². The summed E-state index contributed by atoms with van der Waals surface area (Å²) < 4.78 is 5.43. The van der Waals surface area contributed by atoms with Crippen molar-refractivity contribution in [2.45, 2.75) is 25.1 Å². The summed E-state index contributed by atoms with van der Waals surface area (Å²) in [4.78, 5) is 8.99. The third-order valence-corrected chi connectivity index (χ3v) is 5.59. The van der Waals surface area contributed by atoms with Crippen LogP contribution in [-0.2, 0) is 17.8 Å². The molecular weight excluding hydrogens is 352 g/mol. The smallest absolute Gasteiger partial charge is 0.128 e. The summed E-state index contributed by atoms with van der Waals surface area (Å²) in [7, 11) is 0. The first-order valence-electron chi connectivity index (χ1n) is 10.2. The topological polar surface area (TPSA) is 60.9 Å². The predicted octanol–water partition coefficient (Wildman–Crippen LogP) is 1.64. The van der Waals surface area contributed by atoms with Gasteiger partial charge in [-0.3, -0.25) is 4.90 Å². The van der Waals surface area contributed by atoms with E-state index >= 15 is 0 Å². The van der Waals surface area contributed by atoms with Gasteiger partial charge in [0, 0.05) is 52.0 Å². The lowest BCUT2D eigenvalue weighted by Gasteiger charge is -2.26. The Hall–Kier alpha value is -1.99. The van der Waals surface area contributed by atoms with Crippen molar-refractivity contribution in [1.82, 2.24) is 15.2 Å². The molecule has 4 rings (SSSR count). The van der Waals surface area contributed by atoms with E-state index in [2.05, 4.69) is 44.4 Å². The molecule has 2 aliphatic heterocycles. The first-order chi connectivity index (χ1) is 13.7. The van der Waals surface area contributed by atoms with Gasteiger partial charge in [-0.15, -0.1) is 0 Å². The number of benzene rings is 1. The normalized spacial score (nSPS) is 23.2. The highest BCUT2D eigenvalue weighted by Gasteiger charge is 2.36. The van der Waals surface area contributed by atoms with Gasteiger partial charge in [-0.1, -0.05) is 30.3 Å². The maximum Gasteiger partial charge on any atom is 0.128 e. The Bertz CT molecular complexity index is 751. The fourth-order valence-corrected chi connectivity index (χ4v) is 4.03. The minimum Gasteiger partial charge on any atom is -0.387 e. The summed E-state index contributed by atoms with van der Waals surface area (Å²) in [6.45, 7) is 7.45. The highest BCUT2D eigenvalue weighted by atomic mass is 16.5. The van der Waals surface area contributed by atoms with Crippen molar-refractivity contribution in [3.8, 4) is 0 Å². The molecule has 2 N–H and O–H groups in total. The van der Waals surface area contributed by atoms with Gasteiger partial charge in [-0.05, 0) is 29.7 Å². The molecule has 0 saturated carbocycles. The molecule has 3 heterocycles. The number of morpholine rings is 1. The van der Waals surface area contributed by atoms with Crippen molar-refractivity contribution >= 4 is 5.82 Å². The highest BCUT2D eigenvalue weighted by molar-refractivity contribution is 5.40. The van der Waals surface area contributed by atoms with Gasteiger partial charge in [-0.25, -0.2) is 4.98 Å². The summed E-state index contributed by atoms with van der Waals surface area (Å²) in [5.41, 5.74) is 1.89. The second-order valence-electron chi connectivity index (χ2n) is 7.90. The van der Waals surface area contributed by atoms with Crippen LogP contribution < -0.4 is 10.2 Å². The van der Waals surface area contributed by atoms with E-state index in [9.17, 15) is 5.11 Å². The van der Waals surface area contributed by atoms with Gasteiger partial charge in [0.1, 0.15) is 5.82 Å². The zero-order chi connectivity index (χ0) is 19.2. The monoisotopic (exact) mass is 382 g/mol. The number of hydrogen-bond donors (Lipinski definition) is 2. The number of aliphatic hydroxyl groups is 1. The molecule has 2 aromatic rings. The van der Waals surface area contributed by atoms with E-state index < -0.39 is 5.60 Å². The second kappa shape index (κ2) is 9.01. The molecule has 0 bridgehead atoms. The van der Waals surface area contributed by atoms with Gasteiger partial charge in [0.25, 0.3) is 0 Å². The van der Waals surface area contributed by atoms with Crippen LogP contribution in [0.1, 0.15) is 17.5 Å². The predicted molar refractivity (Wildman–Crippen MR) is 110 cm³/mol. The number of pyridine rings is 1. The molecule has 2 saturated heterocycles. The fraction of sp³-hybridized carbons (Fsp3) is 0.500. The average molecular weight is 383 g/mol. The number of ether oxygens (including phenoxy) is 1. The van der Waals surface area contributed by atoms with Crippen molar-refractivity contribution in [2.24, 2.45) is 0 Å². The van der Waals surface area contributed by atoms with Crippen molar-refractivity contribution in [3.63, 3.8) is 0 Å². The van der Waals surface area contributed by atoms with E-state index in [4.69, 9.17) is 4.74 Å². The Balaban J connectivity index is 1.26. The fourth-order valence-electron chi connectivity index (χ4n) is 4.03. The Morgan fingerprint density at radius 3 is 2.75 bits per heavy atom. The molecule has 0 amide bonds. The van der Waals surface area contributed by atoms with Crippen LogP contribution in [0.4, 0.5) is 5.82 Å². The standard InChI is InChI=1S/C22H30N4O2/c27-22(7-9-26(18-22)21-6-1-2-8-24-21)17-23-15-19-4-3-5-20(14-19)16-25-10-12-28-13-11-25/h1-6,8,14,23,27H,7,9-13,15-18H2/t22-/m0/s1. The third kappa shape index (κ3) is 5.08. The summed E-state index contributed by atoms with van der Waals surface area (Å²) >= 11 is 0. The summed E-state index contributed by atoms with van der Waals surface area (Å²) in [5, 5.41) is 14.4. The van der Waals surface area contributed by atoms with Gasteiger partial charge < -0.3 is 20.1 Å². The number of anilines is 1. The molecule has 0 spiro atoms. The molecular formula is C22H30N4O2. The molecule has 1 aromatic carbocycles. The van der Waals surface area contributed by atoms with E-state index in [0.29, 0.717) is 13.1 Å². The molecule has 1 aromatic heterocycles. The molecule has 0 aliphatic carbocycles. The summed E-state index contributed by atoms with van der Waals surface area (Å²) in [6, 6.07) is 14.6. The lowest BCUT2D eigenvalue weighted by Crippen LogP contribution is -2.43. The zero-order valence-corrected chi connectivity index (χ0v) is 16.4. The number of aromatic nitrogens is 1. The number of nitrogens with zero attached hydrogens (tertiary/aromatic N) is 3. The molecule has 2 aliphatic rings. The Morgan fingerprint density at radius 2 is 1.93 bits per heavy atom. The molecule has 1 atom stereocenters. The highest BCUT2D eigenvalue weighted by Crippen LogP contribution is 2.24. The van der Waals surface area contributed by atoms with Gasteiger partial charge >= 0.3 is 0 Å². The summed E-state index contributed by atoms with van der Waals surface area (Å²) in [6.07, 6.45) is 2.56. The van der Waals surface area contributed by atoms with Gasteiger partial charge in [0.15, 0.2) is 0 Å². The van der Waals surface area contributed by atoms with Crippen LogP contribution in [0.5, 0.6) is 0 Å². The quantitative estimate of drug-likeness (QED) is 0.759. The van der Waals surface area contributed by atoms with Gasteiger partial charge in [0.2, 0.25) is 0 Å². The maximum atomic E-state index is 10.9. The maximum absolute atomic E-state index is 10.9. The van der Waals surface area contributed by atoms with E-state index in [1.54, 1.807) is 6.20 Å². The Morgan fingerprint density at radius 1 is 1.07 bits per heavy atom. The second-order valence-corrected chi connectivity index (χ2v) is 7.90. The molecule has 28 heavy (non-hydrogen) atoms. The van der Waals surface area contributed by atoms with E-state index in [1.807, 2.05) is 18.2 Å². The zero-order valence-electron chi connectivity index (χ0n) is 16.4. The first-order valence-corrected chi connectivity index (χ1v) is 10.2. The van der Waals surface area contributed by atoms with Gasteiger partial charge in [-0.2, -0.15) is 0 Å². The Kier molecular flexibility index (Phi) is 6.22. The van der Waals surface area contributed by atoms with Crippen LogP contribution in [0, 0.1) is 0 Å². The number of nitrogens with one attached hydrogen (secondary N) is 1. The number of β-amino-alcohol motifs (C(OH)–C–C–N with tert-alkyl or cyclic N) is 1. The molecule has 0 radical (unpaired) electrons. The summed E-state index contributed by atoms with van der Waals surface area (Å²) in [5.74, 6) is 0.939. The van der Waals surface area contributed by atoms with Crippen molar-refractivity contribution in [3.05, 3.63) is 59.8 Å². The lowest BCUT2D eigenvalue weighted by atomic mass is 10.0. The van der Waals surface area contributed by atoms with Crippen molar-refractivity contribution in [2.75, 3.05) is 50.8 Å². The molecule has 6 heteroatoms. The number of hydrogen-bond acceptors (Lipinski definition) is 6. The van der Waals surface area contributed by atoms with E-state index in [0.717, 1.165) is 58.2 Å². The van der Waals surface area contributed by atoms with Crippen molar-refractivity contribution in [1.29, 1.82) is 0 Å². The minimum atomic E-state index is -0.705. The van der Waals surface area contributed by atoms with Crippen LogP contribution >= 0.6 is 0 Å². The van der Waals surface area contributed by atoms with Crippen LogP contribution in [0.3, 0.4) is 0 Å². The van der Waals surface area contributed by atoms with Gasteiger partial charge in [0.05, 0.1) is 18.8 Å². The van der Waals surface area contributed by atoms with Crippen LogP contribution in [0.15, 0.2) is 48.7 Å². The average Bonchev–Trinajstić information content (AvgIpc) is 3.12.